The van der Waals surface area contributed by atoms with Crippen molar-refractivity contribution in [3.05, 3.63) is 83.4 Å². The molecule has 6 N–H and O–H groups in total. The number of carbonyl (C=O) groups excluding carboxylic acids is 2. The van der Waals surface area contributed by atoms with Crippen molar-refractivity contribution in [1.29, 1.82) is 0 Å². The van der Waals surface area contributed by atoms with E-state index >= 15 is 0 Å². The van der Waals surface area contributed by atoms with E-state index in [2.05, 4.69) is 39.3 Å². The summed E-state index contributed by atoms with van der Waals surface area (Å²) in [6.45, 7) is 7.78. The Kier molecular flexibility index (Phi) is 7.74. The highest BCUT2D eigenvalue weighted by molar-refractivity contribution is 5.98. The van der Waals surface area contributed by atoms with Crippen LogP contribution in [0.5, 0.6) is 0 Å². The highest BCUT2D eigenvalue weighted by Crippen LogP contribution is 2.23. The predicted octanol–water partition coefficient (Wildman–Crippen LogP) is 3.77. The topological polar surface area (TPSA) is 136 Å². The minimum absolute atomic E-state index is 0.269. The monoisotopic (exact) mass is 500 g/mol. The number of fused-ring (bicyclic) bond motifs is 1. The molecule has 0 radical (unpaired) electrons. The quantitative estimate of drug-likeness (QED) is 0.237. The summed E-state index contributed by atoms with van der Waals surface area (Å²) in [5.74, 6) is -0.778. The first-order valence-electron chi connectivity index (χ1n) is 12.3. The molecule has 1 aromatic heterocycles. The van der Waals surface area contributed by atoms with Crippen molar-refractivity contribution in [2.45, 2.75) is 32.9 Å². The lowest BCUT2D eigenvalue weighted by Gasteiger charge is -2.25. The highest BCUT2D eigenvalue weighted by atomic mass is 16.3. The molecule has 2 unspecified atom stereocenters. The fourth-order valence-corrected chi connectivity index (χ4v) is 4.32. The van der Waals surface area contributed by atoms with Gasteiger partial charge in [0.05, 0.1) is 17.1 Å². The maximum absolute atomic E-state index is 13.2. The number of hydrogen-bond acceptors (Lipinski definition) is 6. The van der Waals surface area contributed by atoms with Gasteiger partial charge in [-0.05, 0) is 68.8 Å². The lowest BCUT2D eigenvalue weighted by atomic mass is 9.98. The first kappa shape index (κ1) is 25.7. The first-order chi connectivity index (χ1) is 17.8. The van der Waals surface area contributed by atoms with Gasteiger partial charge in [0.15, 0.2) is 12.1 Å². The molecule has 4 aromatic rings. The number of nitrogen functional groups attached to an aromatic ring is 1. The maximum Gasteiger partial charge on any atom is 0.255 e. The lowest BCUT2D eigenvalue weighted by molar-refractivity contribution is -0.125. The van der Waals surface area contributed by atoms with Gasteiger partial charge in [0.25, 0.3) is 11.8 Å². The summed E-state index contributed by atoms with van der Waals surface area (Å²) in [7, 11) is 0. The van der Waals surface area contributed by atoms with E-state index < -0.39 is 18.1 Å². The zero-order chi connectivity index (χ0) is 26.5. The maximum atomic E-state index is 13.2. The van der Waals surface area contributed by atoms with E-state index in [1.807, 2.05) is 37.3 Å². The van der Waals surface area contributed by atoms with E-state index in [0.29, 0.717) is 27.8 Å². The van der Waals surface area contributed by atoms with Crippen molar-refractivity contribution in [3.63, 3.8) is 0 Å². The summed E-state index contributed by atoms with van der Waals surface area (Å²) in [6, 6.07) is 18.7. The molecular formula is C28H32N6O3. The summed E-state index contributed by atoms with van der Waals surface area (Å²) in [5.41, 5.74) is 10.5. The average molecular weight is 501 g/mol. The van der Waals surface area contributed by atoms with Crippen LogP contribution in [0, 0.1) is 6.92 Å². The molecule has 0 fully saturated rings. The third-order valence-electron chi connectivity index (χ3n) is 6.30. The van der Waals surface area contributed by atoms with Gasteiger partial charge in [0.1, 0.15) is 0 Å². The molecule has 0 aliphatic rings. The fraction of sp³-hybridized carbons (Fsp3) is 0.250. The second-order valence-electron chi connectivity index (χ2n) is 8.87. The molecule has 2 atom stereocenters. The second-order valence-corrected chi connectivity index (χ2v) is 8.87. The number of nitrogens with two attached hydrogens (primary N) is 1. The summed E-state index contributed by atoms with van der Waals surface area (Å²) in [6.07, 6.45) is -1.55. The normalized spacial score (nSPS) is 12.6. The molecule has 4 rings (SSSR count). The molecular weight excluding hydrogens is 468 g/mol. The number of anilines is 3. The molecule has 3 aromatic carbocycles. The number of hydrogen-bond donors (Lipinski definition) is 5. The van der Waals surface area contributed by atoms with Crippen LogP contribution in [0.2, 0.25) is 0 Å². The fourth-order valence-electron chi connectivity index (χ4n) is 4.32. The second kappa shape index (κ2) is 11.1. The van der Waals surface area contributed by atoms with Gasteiger partial charge in [-0.2, -0.15) is 0 Å². The Morgan fingerprint density at radius 2 is 1.78 bits per heavy atom. The number of carbonyl (C=O) groups is 2. The van der Waals surface area contributed by atoms with E-state index in [1.54, 1.807) is 36.4 Å². The standard InChI is InChI=1S/C28H32N6O3/c1-4-34(5-2)21-12-9-18(10-13-21)26(36)33-24(19-8-6-7-17(3)15-19)25(35)27(37)30-20-11-14-22-23(16-20)32-28(29)31-22/h6-16,24-25,35H,4-5H2,1-3H3,(H,30,37)(H,33,36)(H3,29,31,32). The largest absolute Gasteiger partial charge is 0.381 e. The number of aromatic nitrogens is 2. The van der Waals surface area contributed by atoms with E-state index in [1.165, 1.54) is 0 Å². The van der Waals surface area contributed by atoms with E-state index in [9.17, 15) is 14.7 Å². The number of aliphatic hydroxyl groups excluding tert-OH is 1. The van der Waals surface area contributed by atoms with Crippen LogP contribution in [-0.4, -0.2) is 46.1 Å². The molecule has 0 spiro atoms. The average Bonchev–Trinajstić information content (AvgIpc) is 3.27. The number of aliphatic hydroxyl groups is 1. The van der Waals surface area contributed by atoms with Crippen LogP contribution in [0.25, 0.3) is 11.0 Å². The number of nitrogens with one attached hydrogen (secondary N) is 3. The van der Waals surface area contributed by atoms with Crippen LogP contribution in [0.1, 0.15) is 41.4 Å². The Bertz CT molecular complexity index is 1390. The number of aryl methyl sites for hydroxylation is 1. The number of aromatic amines is 1. The smallest absolute Gasteiger partial charge is 0.255 e. The van der Waals surface area contributed by atoms with Crippen molar-refractivity contribution in [2.24, 2.45) is 0 Å². The zero-order valence-corrected chi connectivity index (χ0v) is 21.2. The van der Waals surface area contributed by atoms with Crippen LogP contribution in [0.15, 0.2) is 66.7 Å². The van der Waals surface area contributed by atoms with Gasteiger partial charge in [0, 0.05) is 30.0 Å². The number of benzene rings is 3. The molecule has 9 heteroatoms. The van der Waals surface area contributed by atoms with Crippen molar-refractivity contribution in [1.82, 2.24) is 15.3 Å². The van der Waals surface area contributed by atoms with Crippen molar-refractivity contribution >= 4 is 40.2 Å². The van der Waals surface area contributed by atoms with Gasteiger partial charge in [-0.25, -0.2) is 4.98 Å². The number of rotatable bonds is 9. The van der Waals surface area contributed by atoms with Crippen molar-refractivity contribution < 1.29 is 14.7 Å². The SMILES string of the molecule is CCN(CC)c1ccc(C(=O)NC(c2cccc(C)c2)C(O)C(=O)Nc2ccc3nc(N)[nH]c3c2)cc1. The van der Waals surface area contributed by atoms with Crippen molar-refractivity contribution in [3.8, 4) is 0 Å². The molecule has 0 saturated carbocycles. The predicted molar refractivity (Wildman–Crippen MR) is 147 cm³/mol. The molecule has 0 saturated heterocycles. The summed E-state index contributed by atoms with van der Waals surface area (Å²) in [5, 5.41) is 16.7. The summed E-state index contributed by atoms with van der Waals surface area (Å²) < 4.78 is 0. The first-order valence-corrected chi connectivity index (χ1v) is 12.3. The van der Waals surface area contributed by atoms with Crippen LogP contribution < -0.4 is 21.3 Å². The molecule has 0 aliphatic heterocycles. The summed E-state index contributed by atoms with van der Waals surface area (Å²) >= 11 is 0. The molecule has 37 heavy (non-hydrogen) atoms. The molecule has 9 nitrogen and oxygen atoms in total. The number of H-pyrrole nitrogens is 1. The molecule has 1 heterocycles. The van der Waals surface area contributed by atoms with E-state index in [0.717, 1.165) is 24.3 Å². The third-order valence-corrected chi connectivity index (χ3v) is 6.30. The minimum atomic E-state index is -1.55. The molecule has 0 aliphatic carbocycles. The third kappa shape index (κ3) is 5.90. The Morgan fingerprint density at radius 3 is 2.46 bits per heavy atom. The Morgan fingerprint density at radius 1 is 1.05 bits per heavy atom. The van der Waals surface area contributed by atoms with Crippen LogP contribution in [-0.2, 0) is 4.79 Å². The number of amides is 2. The molecule has 0 bridgehead atoms. The lowest BCUT2D eigenvalue weighted by Crippen LogP contribution is -2.42. The Hall–Kier alpha value is -4.37. The Balaban J connectivity index is 1.55. The zero-order valence-electron chi connectivity index (χ0n) is 21.2. The van der Waals surface area contributed by atoms with Gasteiger partial charge in [-0.3, -0.25) is 9.59 Å². The Labute approximate surface area is 215 Å². The van der Waals surface area contributed by atoms with Crippen LogP contribution >= 0.6 is 0 Å². The minimum Gasteiger partial charge on any atom is -0.381 e. The van der Waals surface area contributed by atoms with Crippen molar-refractivity contribution in [2.75, 3.05) is 29.0 Å². The molecule has 192 valence electrons. The van der Waals surface area contributed by atoms with Crippen LogP contribution in [0.3, 0.4) is 0 Å². The van der Waals surface area contributed by atoms with Gasteiger partial charge < -0.3 is 31.4 Å². The van der Waals surface area contributed by atoms with Crippen LogP contribution in [0.4, 0.5) is 17.3 Å². The number of nitrogens with zero attached hydrogens (tertiary/aromatic N) is 2. The van der Waals surface area contributed by atoms with E-state index in [4.69, 9.17) is 5.73 Å². The van der Waals surface area contributed by atoms with Gasteiger partial charge >= 0.3 is 0 Å². The van der Waals surface area contributed by atoms with Gasteiger partial charge in [0.2, 0.25) is 0 Å². The van der Waals surface area contributed by atoms with E-state index in [-0.39, 0.29) is 11.9 Å². The molecule has 2 amide bonds. The number of imidazole rings is 1. The van der Waals surface area contributed by atoms with Gasteiger partial charge in [-0.1, -0.05) is 29.8 Å². The van der Waals surface area contributed by atoms with Gasteiger partial charge in [-0.15, -0.1) is 0 Å². The highest BCUT2D eigenvalue weighted by Gasteiger charge is 2.30. The summed E-state index contributed by atoms with van der Waals surface area (Å²) in [4.78, 5) is 35.5.